The number of nitrogens with zero attached hydrogens (tertiary/aromatic N) is 1. The Morgan fingerprint density at radius 2 is 1.90 bits per heavy atom. The van der Waals surface area contributed by atoms with E-state index in [1.54, 1.807) is 21.0 Å². The second-order valence-electron chi connectivity index (χ2n) is 4.48. The van der Waals surface area contributed by atoms with Crippen LogP contribution in [0.3, 0.4) is 0 Å². The Morgan fingerprint density at radius 1 is 1.24 bits per heavy atom. The van der Waals surface area contributed by atoms with Crippen molar-refractivity contribution in [2.24, 2.45) is 0 Å². The fourth-order valence-electron chi connectivity index (χ4n) is 1.90. The number of methoxy groups -OCH3 is 1. The molecule has 2 aromatic rings. The zero-order valence-corrected chi connectivity index (χ0v) is 12.3. The first-order chi connectivity index (χ1) is 10.1. The van der Waals surface area contributed by atoms with Gasteiger partial charge in [0.15, 0.2) is 0 Å². The minimum atomic E-state index is -0.204. The van der Waals surface area contributed by atoms with Crippen LogP contribution in [0.1, 0.15) is 21.8 Å². The van der Waals surface area contributed by atoms with Crippen molar-refractivity contribution in [3.63, 3.8) is 0 Å². The fourth-order valence-corrected chi connectivity index (χ4v) is 1.90. The van der Waals surface area contributed by atoms with E-state index in [1.807, 2.05) is 24.3 Å². The van der Waals surface area contributed by atoms with Gasteiger partial charge in [-0.25, -0.2) is 0 Å². The van der Waals surface area contributed by atoms with Crippen molar-refractivity contribution in [2.75, 3.05) is 20.3 Å². The second kappa shape index (κ2) is 6.78. The molecule has 0 unspecified atom stereocenters. The quantitative estimate of drug-likeness (QED) is 0.825. The average Bonchev–Trinajstić information content (AvgIpc) is 2.83. The summed E-state index contributed by atoms with van der Waals surface area (Å²) in [5, 5.41) is 6.52. The summed E-state index contributed by atoms with van der Waals surface area (Å²) in [7, 11) is 1.61. The lowest BCUT2D eigenvalue weighted by molar-refractivity contribution is 0.0945. The van der Waals surface area contributed by atoms with Gasteiger partial charge in [-0.1, -0.05) is 5.16 Å². The van der Waals surface area contributed by atoms with Crippen LogP contribution < -0.4 is 14.8 Å². The molecule has 6 nitrogen and oxygen atoms in total. The van der Waals surface area contributed by atoms with E-state index in [-0.39, 0.29) is 5.91 Å². The highest BCUT2D eigenvalue weighted by Gasteiger charge is 2.16. The van der Waals surface area contributed by atoms with Gasteiger partial charge < -0.3 is 19.3 Å². The van der Waals surface area contributed by atoms with Crippen molar-refractivity contribution in [2.45, 2.75) is 13.8 Å². The van der Waals surface area contributed by atoms with E-state index < -0.39 is 0 Å². The SMILES string of the molecule is COc1ccc(OCCNC(=O)c2c(C)noc2C)cc1. The lowest BCUT2D eigenvalue weighted by Gasteiger charge is -2.08. The van der Waals surface area contributed by atoms with Crippen LogP contribution in [0.2, 0.25) is 0 Å². The summed E-state index contributed by atoms with van der Waals surface area (Å²) >= 11 is 0. The van der Waals surface area contributed by atoms with Crippen LogP contribution in [0.25, 0.3) is 0 Å². The van der Waals surface area contributed by atoms with E-state index in [9.17, 15) is 4.79 Å². The van der Waals surface area contributed by atoms with Crippen molar-refractivity contribution in [3.8, 4) is 11.5 Å². The maximum absolute atomic E-state index is 12.0. The first-order valence-electron chi connectivity index (χ1n) is 6.59. The molecule has 112 valence electrons. The predicted molar refractivity (Wildman–Crippen MR) is 76.8 cm³/mol. The maximum atomic E-state index is 12.0. The molecule has 2 rings (SSSR count). The summed E-state index contributed by atoms with van der Waals surface area (Å²) in [5.74, 6) is 1.81. The minimum absolute atomic E-state index is 0.204. The molecule has 21 heavy (non-hydrogen) atoms. The van der Waals surface area contributed by atoms with Crippen molar-refractivity contribution in [1.29, 1.82) is 0 Å². The van der Waals surface area contributed by atoms with Crippen LogP contribution in [0.4, 0.5) is 0 Å². The predicted octanol–water partition coefficient (Wildman–Crippen LogP) is 2.11. The van der Waals surface area contributed by atoms with Crippen LogP contribution in [0.15, 0.2) is 28.8 Å². The number of amides is 1. The summed E-state index contributed by atoms with van der Waals surface area (Å²) in [6, 6.07) is 7.26. The zero-order valence-electron chi connectivity index (χ0n) is 12.3. The van der Waals surface area contributed by atoms with Gasteiger partial charge >= 0.3 is 0 Å². The van der Waals surface area contributed by atoms with Crippen molar-refractivity contribution < 1.29 is 18.8 Å². The van der Waals surface area contributed by atoms with Crippen molar-refractivity contribution >= 4 is 5.91 Å². The van der Waals surface area contributed by atoms with Gasteiger partial charge in [-0.15, -0.1) is 0 Å². The number of carbonyl (C=O) groups is 1. The molecular weight excluding hydrogens is 272 g/mol. The Morgan fingerprint density at radius 3 is 2.48 bits per heavy atom. The number of rotatable bonds is 6. The average molecular weight is 290 g/mol. The first-order valence-corrected chi connectivity index (χ1v) is 6.59. The number of carbonyl (C=O) groups excluding carboxylic acids is 1. The van der Waals surface area contributed by atoms with E-state index in [4.69, 9.17) is 14.0 Å². The highest BCUT2D eigenvalue weighted by Crippen LogP contribution is 2.16. The summed E-state index contributed by atoms with van der Waals surface area (Å²) in [4.78, 5) is 12.0. The third-order valence-electron chi connectivity index (χ3n) is 2.98. The molecule has 0 saturated carbocycles. The Hall–Kier alpha value is -2.50. The number of aromatic nitrogens is 1. The molecule has 0 saturated heterocycles. The Balaban J connectivity index is 1.78. The van der Waals surface area contributed by atoms with Crippen LogP contribution in [0.5, 0.6) is 11.5 Å². The van der Waals surface area contributed by atoms with Crippen LogP contribution >= 0.6 is 0 Å². The van der Waals surface area contributed by atoms with Gasteiger partial charge in [0.05, 0.1) is 19.3 Å². The third-order valence-corrected chi connectivity index (χ3v) is 2.98. The van der Waals surface area contributed by atoms with Crippen LogP contribution in [0, 0.1) is 13.8 Å². The Bertz CT molecular complexity index is 585. The van der Waals surface area contributed by atoms with Crippen LogP contribution in [-0.2, 0) is 0 Å². The van der Waals surface area contributed by atoms with Gasteiger partial charge in [-0.05, 0) is 38.1 Å². The molecule has 0 fully saturated rings. The molecule has 0 bridgehead atoms. The highest BCUT2D eigenvalue weighted by molar-refractivity contribution is 5.96. The van der Waals surface area contributed by atoms with E-state index in [1.165, 1.54) is 0 Å². The van der Waals surface area contributed by atoms with Gasteiger partial charge in [-0.3, -0.25) is 4.79 Å². The monoisotopic (exact) mass is 290 g/mol. The van der Waals surface area contributed by atoms with Crippen molar-refractivity contribution in [3.05, 3.63) is 41.3 Å². The van der Waals surface area contributed by atoms with Crippen LogP contribution in [-0.4, -0.2) is 31.3 Å². The summed E-state index contributed by atoms with van der Waals surface area (Å²) in [6.45, 7) is 4.22. The standard InChI is InChI=1S/C15H18N2O4/c1-10-14(11(2)21-17-10)15(18)16-8-9-20-13-6-4-12(19-3)5-7-13/h4-7H,8-9H2,1-3H3,(H,16,18). The highest BCUT2D eigenvalue weighted by atomic mass is 16.5. The van der Waals surface area contributed by atoms with Gasteiger partial charge in [-0.2, -0.15) is 0 Å². The molecule has 0 radical (unpaired) electrons. The molecule has 0 atom stereocenters. The summed E-state index contributed by atoms with van der Waals surface area (Å²) in [6.07, 6.45) is 0. The second-order valence-corrected chi connectivity index (χ2v) is 4.48. The van der Waals surface area contributed by atoms with Gasteiger partial charge in [0.25, 0.3) is 5.91 Å². The van der Waals surface area contributed by atoms with E-state index in [0.717, 1.165) is 11.5 Å². The lowest BCUT2D eigenvalue weighted by atomic mass is 10.2. The molecule has 1 amide bonds. The number of hydrogen-bond acceptors (Lipinski definition) is 5. The molecule has 1 N–H and O–H groups in total. The lowest BCUT2D eigenvalue weighted by Crippen LogP contribution is -2.28. The number of hydrogen-bond donors (Lipinski definition) is 1. The number of aryl methyl sites for hydroxylation is 2. The van der Waals surface area contributed by atoms with Crippen molar-refractivity contribution in [1.82, 2.24) is 10.5 Å². The topological polar surface area (TPSA) is 73.6 Å². The number of nitrogens with one attached hydrogen (secondary N) is 1. The van der Waals surface area contributed by atoms with Gasteiger partial charge in [0.1, 0.15) is 29.4 Å². The third kappa shape index (κ3) is 3.75. The molecular formula is C15H18N2O4. The molecule has 0 spiro atoms. The molecule has 1 heterocycles. The summed E-state index contributed by atoms with van der Waals surface area (Å²) in [5.41, 5.74) is 1.07. The normalized spacial score (nSPS) is 10.2. The summed E-state index contributed by atoms with van der Waals surface area (Å²) < 4.78 is 15.5. The molecule has 0 aliphatic carbocycles. The Kier molecular flexibility index (Phi) is 4.81. The molecule has 1 aromatic carbocycles. The first kappa shape index (κ1) is 14.9. The van der Waals surface area contributed by atoms with E-state index in [0.29, 0.717) is 30.2 Å². The number of ether oxygens (including phenoxy) is 2. The molecule has 1 aromatic heterocycles. The number of benzene rings is 1. The zero-order chi connectivity index (χ0) is 15.2. The van der Waals surface area contributed by atoms with E-state index >= 15 is 0 Å². The maximum Gasteiger partial charge on any atom is 0.256 e. The molecule has 0 aliphatic rings. The molecule has 0 aliphatic heterocycles. The largest absolute Gasteiger partial charge is 0.497 e. The fraction of sp³-hybridized carbons (Fsp3) is 0.333. The van der Waals surface area contributed by atoms with E-state index in [2.05, 4.69) is 10.5 Å². The molecule has 6 heteroatoms. The smallest absolute Gasteiger partial charge is 0.256 e. The van der Waals surface area contributed by atoms with Gasteiger partial charge in [0, 0.05) is 0 Å². The Labute approximate surface area is 123 Å². The minimum Gasteiger partial charge on any atom is -0.497 e. The van der Waals surface area contributed by atoms with Gasteiger partial charge in [0.2, 0.25) is 0 Å².